The fourth-order valence-electron chi connectivity index (χ4n) is 3.15. The molecule has 2 aromatic carbocycles. The van der Waals surface area contributed by atoms with E-state index >= 15 is 0 Å². The van der Waals surface area contributed by atoms with Crippen molar-refractivity contribution in [1.29, 1.82) is 0 Å². The van der Waals surface area contributed by atoms with Crippen LogP contribution in [0.1, 0.15) is 12.0 Å². The first-order valence-electron chi connectivity index (χ1n) is 8.66. The summed E-state index contributed by atoms with van der Waals surface area (Å²) in [6.45, 7) is 1.38. The van der Waals surface area contributed by atoms with Crippen LogP contribution in [0.15, 0.2) is 48.5 Å². The summed E-state index contributed by atoms with van der Waals surface area (Å²) >= 11 is 6.28. The summed E-state index contributed by atoms with van der Waals surface area (Å²) in [7, 11) is 2.01. The lowest BCUT2D eigenvalue weighted by molar-refractivity contribution is -0.132. The van der Waals surface area contributed by atoms with Crippen LogP contribution in [0.2, 0.25) is 5.02 Å². The molecular formula is C20H23ClN2O3. The summed E-state index contributed by atoms with van der Waals surface area (Å²) in [5, 5.41) is 9.76. The molecule has 0 spiro atoms. The van der Waals surface area contributed by atoms with Crippen LogP contribution in [0.3, 0.4) is 0 Å². The SMILES string of the molecule is CN(c1ccccc1Cl)C1CCN(C(=O)COc2ccc(CO)cc2)C1. The van der Waals surface area contributed by atoms with Crippen LogP contribution >= 0.6 is 11.6 Å². The average molecular weight is 375 g/mol. The van der Waals surface area contributed by atoms with Gasteiger partial charge >= 0.3 is 0 Å². The van der Waals surface area contributed by atoms with E-state index in [1.165, 1.54) is 0 Å². The number of ether oxygens (including phenoxy) is 1. The van der Waals surface area contributed by atoms with Gasteiger partial charge in [-0.2, -0.15) is 0 Å². The lowest BCUT2D eigenvalue weighted by Gasteiger charge is -2.27. The molecule has 1 aliphatic heterocycles. The van der Waals surface area contributed by atoms with E-state index < -0.39 is 0 Å². The highest BCUT2D eigenvalue weighted by Gasteiger charge is 2.29. The molecule has 0 saturated carbocycles. The molecular weight excluding hydrogens is 352 g/mol. The number of para-hydroxylation sites is 1. The molecule has 1 amide bonds. The van der Waals surface area contributed by atoms with Crippen molar-refractivity contribution in [2.24, 2.45) is 0 Å². The highest BCUT2D eigenvalue weighted by Crippen LogP contribution is 2.28. The number of aliphatic hydroxyl groups is 1. The van der Waals surface area contributed by atoms with Crippen LogP contribution in [0.5, 0.6) is 5.75 Å². The van der Waals surface area contributed by atoms with E-state index in [4.69, 9.17) is 21.4 Å². The third-order valence-corrected chi connectivity index (χ3v) is 5.08. The molecule has 1 unspecified atom stereocenters. The number of anilines is 1. The Hall–Kier alpha value is -2.24. The van der Waals surface area contributed by atoms with Gasteiger partial charge in [-0.15, -0.1) is 0 Å². The van der Waals surface area contributed by atoms with Crippen molar-refractivity contribution in [1.82, 2.24) is 4.90 Å². The molecule has 1 fully saturated rings. The maximum absolute atomic E-state index is 12.4. The van der Waals surface area contributed by atoms with E-state index in [-0.39, 0.29) is 25.2 Å². The van der Waals surface area contributed by atoms with Gasteiger partial charge in [0.2, 0.25) is 0 Å². The Morgan fingerprint density at radius 1 is 1.27 bits per heavy atom. The van der Waals surface area contributed by atoms with Gasteiger partial charge in [0.1, 0.15) is 5.75 Å². The summed E-state index contributed by atoms with van der Waals surface area (Å²) in [5.41, 5.74) is 1.79. The molecule has 0 radical (unpaired) electrons. The number of nitrogens with zero attached hydrogens (tertiary/aromatic N) is 2. The number of carbonyl (C=O) groups is 1. The molecule has 1 heterocycles. The second-order valence-electron chi connectivity index (χ2n) is 6.44. The summed E-state index contributed by atoms with van der Waals surface area (Å²) in [6, 6.07) is 15.1. The number of halogens is 1. The van der Waals surface area contributed by atoms with E-state index in [2.05, 4.69) is 4.90 Å². The molecule has 5 nitrogen and oxygen atoms in total. The molecule has 6 heteroatoms. The van der Waals surface area contributed by atoms with Crippen molar-refractivity contribution < 1.29 is 14.6 Å². The topological polar surface area (TPSA) is 53.0 Å². The number of likely N-dealkylation sites (tertiary alicyclic amines) is 1. The lowest BCUT2D eigenvalue weighted by Crippen LogP contribution is -2.38. The van der Waals surface area contributed by atoms with Gasteiger partial charge in [0.05, 0.1) is 17.3 Å². The number of amides is 1. The molecule has 0 bridgehead atoms. The quantitative estimate of drug-likeness (QED) is 0.844. The van der Waals surface area contributed by atoms with E-state index in [0.717, 1.165) is 22.7 Å². The number of hydrogen-bond acceptors (Lipinski definition) is 4. The number of rotatable bonds is 6. The Kier molecular flexibility index (Phi) is 6.01. The zero-order valence-corrected chi connectivity index (χ0v) is 15.5. The van der Waals surface area contributed by atoms with E-state index in [9.17, 15) is 4.79 Å². The molecule has 3 rings (SSSR count). The third-order valence-electron chi connectivity index (χ3n) is 4.76. The number of aliphatic hydroxyl groups excluding tert-OH is 1. The fourth-order valence-corrected chi connectivity index (χ4v) is 3.42. The second kappa shape index (κ2) is 8.43. The fraction of sp³-hybridized carbons (Fsp3) is 0.350. The van der Waals surface area contributed by atoms with E-state index in [1.807, 2.05) is 36.2 Å². The van der Waals surface area contributed by atoms with Gasteiger partial charge in [0.25, 0.3) is 5.91 Å². The Morgan fingerprint density at radius 3 is 2.69 bits per heavy atom. The summed E-state index contributed by atoms with van der Waals surface area (Å²) in [6.07, 6.45) is 0.901. The zero-order valence-electron chi connectivity index (χ0n) is 14.8. The van der Waals surface area contributed by atoms with Crippen molar-refractivity contribution in [3.63, 3.8) is 0 Å². The van der Waals surface area contributed by atoms with E-state index in [0.29, 0.717) is 18.8 Å². The standard InChI is InChI=1S/C20H23ClN2O3/c1-22(19-5-3-2-4-18(19)21)16-10-11-23(12-16)20(25)14-26-17-8-6-15(13-24)7-9-17/h2-9,16,24H,10-14H2,1H3. The maximum Gasteiger partial charge on any atom is 0.260 e. The van der Waals surface area contributed by atoms with Gasteiger partial charge in [-0.25, -0.2) is 0 Å². The molecule has 0 aromatic heterocycles. The molecule has 1 N–H and O–H groups in total. The highest BCUT2D eigenvalue weighted by molar-refractivity contribution is 6.33. The van der Waals surface area contributed by atoms with Crippen LogP contribution in [0.4, 0.5) is 5.69 Å². The average Bonchev–Trinajstić information content (AvgIpc) is 3.16. The molecule has 2 aromatic rings. The molecule has 1 aliphatic rings. The monoisotopic (exact) mass is 374 g/mol. The molecule has 1 atom stereocenters. The van der Waals surface area contributed by atoms with Crippen molar-refractivity contribution in [3.05, 3.63) is 59.1 Å². The first kappa shape index (κ1) is 18.5. The Balaban J connectivity index is 1.52. The number of benzene rings is 2. The largest absolute Gasteiger partial charge is 0.484 e. The Bertz CT molecular complexity index is 751. The van der Waals surface area contributed by atoms with Crippen LogP contribution in [0, 0.1) is 0 Å². The molecule has 0 aliphatic carbocycles. The summed E-state index contributed by atoms with van der Waals surface area (Å²) < 4.78 is 5.57. The summed E-state index contributed by atoms with van der Waals surface area (Å²) in [5.74, 6) is 0.603. The minimum absolute atomic E-state index is 0.00662. The predicted octanol–water partition coefficient (Wildman–Crippen LogP) is 2.95. The van der Waals surface area contributed by atoms with Crippen LogP contribution in [-0.4, -0.2) is 48.7 Å². The minimum Gasteiger partial charge on any atom is -0.484 e. The van der Waals surface area contributed by atoms with Crippen LogP contribution in [0.25, 0.3) is 0 Å². The highest BCUT2D eigenvalue weighted by atomic mass is 35.5. The molecule has 1 saturated heterocycles. The van der Waals surface area contributed by atoms with Gasteiger partial charge < -0.3 is 19.6 Å². The minimum atomic E-state index is -0.0220. The summed E-state index contributed by atoms with van der Waals surface area (Å²) in [4.78, 5) is 16.4. The van der Waals surface area contributed by atoms with Gasteiger partial charge in [0.15, 0.2) is 6.61 Å². The Labute approximate surface area is 158 Å². The molecule has 26 heavy (non-hydrogen) atoms. The number of likely N-dealkylation sites (N-methyl/N-ethyl adjacent to an activating group) is 1. The second-order valence-corrected chi connectivity index (χ2v) is 6.84. The number of carbonyl (C=O) groups excluding carboxylic acids is 1. The van der Waals surface area contributed by atoms with Crippen molar-refractivity contribution >= 4 is 23.2 Å². The van der Waals surface area contributed by atoms with Crippen LogP contribution in [-0.2, 0) is 11.4 Å². The van der Waals surface area contributed by atoms with Crippen LogP contribution < -0.4 is 9.64 Å². The molecule has 138 valence electrons. The van der Waals surface area contributed by atoms with Gasteiger partial charge in [0, 0.05) is 26.2 Å². The maximum atomic E-state index is 12.4. The predicted molar refractivity (Wildman–Crippen MR) is 103 cm³/mol. The lowest BCUT2D eigenvalue weighted by atomic mass is 10.2. The Morgan fingerprint density at radius 2 is 2.00 bits per heavy atom. The van der Waals surface area contributed by atoms with Crippen molar-refractivity contribution in [2.45, 2.75) is 19.1 Å². The first-order chi connectivity index (χ1) is 12.6. The van der Waals surface area contributed by atoms with E-state index in [1.54, 1.807) is 24.3 Å². The normalized spacial score (nSPS) is 16.6. The van der Waals surface area contributed by atoms with Gasteiger partial charge in [-0.1, -0.05) is 35.9 Å². The first-order valence-corrected chi connectivity index (χ1v) is 9.04. The van der Waals surface area contributed by atoms with Gasteiger partial charge in [-0.05, 0) is 36.2 Å². The smallest absolute Gasteiger partial charge is 0.260 e. The third kappa shape index (κ3) is 4.29. The van der Waals surface area contributed by atoms with Gasteiger partial charge in [-0.3, -0.25) is 4.79 Å². The van der Waals surface area contributed by atoms with Crippen molar-refractivity contribution in [2.75, 3.05) is 31.6 Å². The van der Waals surface area contributed by atoms with Crippen molar-refractivity contribution in [3.8, 4) is 5.75 Å². The zero-order chi connectivity index (χ0) is 18.5. The number of hydrogen-bond donors (Lipinski definition) is 1.